The van der Waals surface area contributed by atoms with E-state index in [1.54, 1.807) is 36.4 Å². The lowest BCUT2D eigenvalue weighted by molar-refractivity contribution is -0.120. The van der Waals surface area contributed by atoms with Gasteiger partial charge in [0.15, 0.2) is 0 Å². The van der Waals surface area contributed by atoms with Gasteiger partial charge in [-0.15, -0.1) is 0 Å². The molecule has 0 radical (unpaired) electrons. The SMILES string of the molecule is COc1ccc(C(=O)NCC(=O)NN=Cc2cc3ccccc3[nH]c2=O)cc1. The smallest absolute Gasteiger partial charge is 0.259 e. The minimum Gasteiger partial charge on any atom is -0.497 e. The van der Waals surface area contributed by atoms with Crippen LogP contribution < -0.4 is 21.0 Å². The Kier molecular flexibility index (Phi) is 5.81. The van der Waals surface area contributed by atoms with Crippen LogP contribution in [0.2, 0.25) is 0 Å². The van der Waals surface area contributed by atoms with Crippen molar-refractivity contribution in [3.63, 3.8) is 0 Å². The Morgan fingerprint density at radius 3 is 2.64 bits per heavy atom. The van der Waals surface area contributed by atoms with Crippen LogP contribution in [0, 0.1) is 0 Å². The number of hydrazone groups is 1. The molecule has 0 bridgehead atoms. The van der Waals surface area contributed by atoms with Crippen LogP contribution in [-0.4, -0.2) is 36.7 Å². The maximum Gasteiger partial charge on any atom is 0.259 e. The van der Waals surface area contributed by atoms with Crippen LogP contribution in [0.4, 0.5) is 0 Å². The van der Waals surface area contributed by atoms with Gasteiger partial charge >= 0.3 is 0 Å². The van der Waals surface area contributed by atoms with E-state index in [9.17, 15) is 14.4 Å². The van der Waals surface area contributed by atoms with Crippen molar-refractivity contribution in [3.05, 3.63) is 76.1 Å². The number of fused-ring (bicyclic) bond motifs is 1. The number of para-hydroxylation sites is 1. The number of carbonyl (C=O) groups is 2. The first-order chi connectivity index (χ1) is 13.6. The van der Waals surface area contributed by atoms with Crippen molar-refractivity contribution in [2.45, 2.75) is 0 Å². The molecule has 142 valence electrons. The molecule has 0 saturated carbocycles. The number of amides is 2. The number of rotatable bonds is 6. The molecule has 0 spiro atoms. The summed E-state index contributed by atoms with van der Waals surface area (Å²) >= 11 is 0. The summed E-state index contributed by atoms with van der Waals surface area (Å²) in [4.78, 5) is 38.6. The molecule has 8 heteroatoms. The van der Waals surface area contributed by atoms with E-state index in [4.69, 9.17) is 4.74 Å². The largest absolute Gasteiger partial charge is 0.497 e. The Hall–Kier alpha value is -3.94. The summed E-state index contributed by atoms with van der Waals surface area (Å²) in [5.41, 5.74) is 3.39. The van der Waals surface area contributed by atoms with Crippen molar-refractivity contribution in [1.82, 2.24) is 15.7 Å². The van der Waals surface area contributed by atoms with Gasteiger partial charge in [-0.3, -0.25) is 14.4 Å². The molecule has 2 amide bonds. The zero-order chi connectivity index (χ0) is 19.9. The number of methoxy groups -OCH3 is 1. The molecule has 2 aromatic carbocycles. The van der Waals surface area contributed by atoms with Crippen molar-refractivity contribution < 1.29 is 14.3 Å². The molecule has 8 nitrogen and oxygen atoms in total. The maximum atomic E-state index is 12.0. The van der Waals surface area contributed by atoms with E-state index < -0.39 is 11.8 Å². The third-order valence-corrected chi connectivity index (χ3v) is 3.94. The van der Waals surface area contributed by atoms with E-state index in [2.05, 4.69) is 20.8 Å². The molecule has 1 aromatic heterocycles. The van der Waals surface area contributed by atoms with E-state index in [1.165, 1.54) is 13.3 Å². The average Bonchev–Trinajstić information content (AvgIpc) is 2.72. The van der Waals surface area contributed by atoms with Gasteiger partial charge in [0.2, 0.25) is 0 Å². The second kappa shape index (κ2) is 8.63. The van der Waals surface area contributed by atoms with Crippen LogP contribution in [0.3, 0.4) is 0 Å². The predicted molar refractivity (Wildman–Crippen MR) is 106 cm³/mol. The van der Waals surface area contributed by atoms with Crippen LogP contribution >= 0.6 is 0 Å². The van der Waals surface area contributed by atoms with E-state index in [0.29, 0.717) is 16.9 Å². The molecule has 1 heterocycles. The normalized spacial score (nSPS) is 10.8. The third kappa shape index (κ3) is 4.61. The predicted octanol–water partition coefficient (Wildman–Crippen LogP) is 1.42. The second-order valence-electron chi connectivity index (χ2n) is 5.85. The molecule has 28 heavy (non-hydrogen) atoms. The van der Waals surface area contributed by atoms with Gasteiger partial charge in [-0.2, -0.15) is 5.10 Å². The van der Waals surface area contributed by atoms with Crippen LogP contribution in [0.15, 0.2) is 64.5 Å². The van der Waals surface area contributed by atoms with Gasteiger partial charge < -0.3 is 15.0 Å². The monoisotopic (exact) mass is 378 g/mol. The molecule has 0 aliphatic heterocycles. The first-order valence-corrected chi connectivity index (χ1v) is 8.43. The Morgan fingerprint density at radius 1 is 1.14 bits per heavy atom. The van der Waals surface area contributed by atoms with Gasteiger partial charge in [0, 0.05) is 11.1 Å². The summed E-state index contributed by atoms with van der Waals surface area (Å²) in [6, 6.07) is 15.5. The molecule has 0 fully saturated rings. The summed E-state index contributed by atoms with van der Waals surface area (Å²) in [5.74, 6) is -0.282. The highest BCUT2D eigenvalue weighted by molar-refractivity contribution is 5.96. The topological polar surface area (TPSA) is 113 Å². The third-order valence-electron chi connectivity index (χ3n) is 3.94. The van der Waals surface area contributed by atoms with Crippen molar-refractivity contribution in [3.8, 4) is 5.75 Å². The Labute approximate surface area is 160 Å². The van der Waals surface area contributed by atoms with Crippen molar-refractivity contribution in [2.24, 2.45) is 5.10 Å². The molecular formula is C20H18N4O4. The van der Waals surface area contributed by atoms with Gasteiger partial charge in [-0.1, -0.05) is 18.2 Å². The molecular weight excluding hydrogens is 360 g/mol. The molecule has 0 aliphatic rings. The molecule has 3 aromatic rings. The quantitative estimate of drug-likeness (QED) is 0.445. The van der Waals surface area contributed by atoms with Crippen molar-refractivity contribution in [2.75, 3.05) is 13.7 Å². The second-order valence-corrected chi connectivity index (χ2v) is 5.85. The maximum absolute atomic E-state index is 12.0. The molecule has 0 saturated heterocycles. The highest BCUT2D eigenvalue weighted by Gasteiger charge is 2.08. The van der Waals surface area contributed by atoms with E-state index >= 15 is 0 Å². The number of hydrogen-bond acceptors (Lipinski definition) is 5. The van der Waals surface area contributed by atoms with Gasteiger partial charge in [0.1, 0.15) is 5.75 Å². The van der Waals surface area contributed by atoms with Crippen LogP contribution in [0.5, 0.6) is 5.75 Å². The first-order valence-electron chi connectivity index (χ1n) is 8.43. The first kappa shape index (κ1) is 18.8. The number of aromatic amines is 1. The van der Waals surface area contributed by atoms with Crippen LogP contribution in [0.25, 0.3) is 10.9 Å². The fourth-order valence-electron chi connectivity index (χ4n) is 2.48. The number of aromatic nitrogens is 1. The van der Waals surface area contributed by atoms with E-state index in [0.717, 1.165) is 10.9 Å². The van der Waals surface area contributed by atoms with E-state index in [-0.39, 0.29) is 12.1 Å². The lowest BCUT2D eigenvalue weighted by Gasteiger charge is -2.05. The van der Waals surface area contributed by atoms with Crippen molar-refractivity contribution >= 4 is 28.9 Å². The van der Waals surface area contributed by atoms with Gasteiger partial charge in [-0.25, -0.2) is 5.43 Å². The summed E-state index contributed by atoms with van der Waals surface area (Å²) < 4.78 is 5.02. The summed E-state index contributed by atoms with van der Waals surface area (Å²) in [5, 5.41) is 7.11. The number of benzene rings is 2. The summed E-state index contributed by atoms with van der Waals surface area (Å²) in [6.07, 6.45) is 1.26. The van der Waals surface area contributed by atoms with Gasteiger partial charge in [-0.05, 0) is 41.8 Å². The van der Waals surface area contributed by atoms with Crippen LogP contribution in [0.1, 0.15) is 15.9 Å². The Bertz CT molecular complexity index is 1090. The Balaban J connectivity index is 1.54. The number of pyridine rings is 1. The standard InChI is InChI=1S/C20H18N4O4/c1-28-16-8-6-13(7-9-16)19(26)21-12-18(25)24-22-11-15-10-14-4-2-3-5-17(14)23-20(15)27/h2-11H,12H2,1H3,(H,21,26)(H,23,27)(H,24,25). The molecule has 0 unspecified atom stereocenters. The molecule has 3 rings (SSSR count). The summed E-state index contributed by atoms with van der Waals surface area (Å²) in [6.45, 7) is -0.254. The molecule has 0 aliphatic carbocycles. The van der Waals surface area contributed by atoms with E-state index in [1.807, 2.05) is 18.2 Å². The number of H-pyrrole nitrogens is 1. The minimum atomic E-state index is -0.518. The number of ether oxygens (including phenoxy) is 1. The fourth-order valence-corrected chi connectivity index (χ4v) is 2.48. The zero-order valence-electron chi connectivity index (χ0n) is 15.1. The number of nitrogens with zero attached hydrogens (tertiary/aromatic N) is 1. The number of carbonyl (C=O) groups excluding carboxylic acids is 2. The fraction of sp³-hybridized carbons (Fsp3) is 0.100. The van der Waals surface area contributed by atoms with Crippen molar-refractivity contribution in [1.29, 1.82) is 0 Å². The summed E-state index contributed by atoms with van der Waals surface area (Å²) in [7, 11) is 1.53. The lowest BCUT2D eigenvalue weighted by Crippen LogP contribution is -2.35. The number of nitrogens with one attached hydrogen (secondary N) is 3. The molecule has 0 atom stereocenters. The Morgan fingerprint density at radius 2 is 1.89 bits per heavy atom. The average molecular weight is 378 g/mol. The lowest BCUT2D eigenvalue weighted by atomic mass is 10.2. The van der Waals surface area contributed by atoms with Gasteiger partial charge in [0.05, 0.1) is 25.4 Å². The minimum absolute atomic E-state index is 0.254. The van der Waals surface area contributed by atoms with Crippen LogP contribution in [-0.2, 0) is 4.79 Å². The highest BCUT2D eigenvalue weighted by atomic mass is 16.5. The highest BCUT2D eigenvalue weighted by Crippen LogP contribution is 2.11. The zero-order valence-corrected chi connectivity index (χ0v) is 15.1. The molecule has 3 N–H and O–H groups in total. The number of hydrogen-bond donors (Lipinski definition) is 3. The van der Waals surface area contributed by atoms with Gasteiger partial charge in [0.25, 0.3) is 17.4 Å².